The van der Waals surface area contributed by atoms with E-state index >= 15 is 0 Å². The average molecular weight is 350 g/mol. The summed E-state index contributed by atoms with van der Waals surface area (Å²) in [5.41, 5.74) is 9.15. The number of fused-ring (bicyclic) bond motifs is 8. The summed E-state index contributed by atoms with van der Waals surface area (Å²) >= 11 is 12.7. The molecule has 1 aliphatic carbocycles. The topological polar surface area (TPSA) is 60.9 Å². The van der Waals surface area contributed by atoms with Gasteiger partial charge in [0.05, 0.1) is 0 Å². The molecule has 9 heteroatoms. The van der Waals surface area contributed by atoms with Crippen molar-refractivity contribution in [1.29, 1.82) is 0 Å². The number of nitrogens with zero attached hydrogens (tertiary/aromatic N) is 3. The summed E-state index contributed by atoms with van der Waals surface area (Å²) in [6.45, 7) is 2.33. The Morgan fingerprint density at radius 3 is 3.09 bits per heavy atom. The monoisotopic (exact) mass is 350 g/mol. The van der Waals surface area contributed by atoms with Crippen molar-refractivity contribution in [3.05, 3.63) is 20.8 Å². The molecule has 0 radical (unpaired) electrons. The van der Waals surface area contributed by atoms with E-state index in [4.69, 9.17) is 24.4 Å². The average Bonchev–Trinajstić information content (AvgIpc) is 3.14. The molecule has 2 aromatic heterocycles. The Balaban J connectivity index is 1.82. The van der Waals surface area contributed by atoms with Crippen LogP contribution in [-0.2, 0) is 12.8 Å². The highest BCUT2D eigenvalue weighted by molar-refractivity contribution is 7.80. The molecule has 0 spiro atoms. The zero-order valence-corrected chi connectivity index (χ0v) is 14.3. The Hall–Kier alpha value is -1.29. The third-order valence-corrected chi connectivity index (χ3v) is 6.50. The molecule has 114 valence electrons. The van der Waals surface area contributed by atoms with Gasteiger partial charge in [0.25, 0.3) is 0 Å². The van der Waals surface area contributed by atoms with E-state index in [9.17, 15) is 0 Å². The molecule has 6 nitrogen and oxygen atoms in total. The maximum absolute atomic E-state index is 5.45. The first-order valence-electron chi connectivity index (χ1n) is 7.32. The maximum atomic E-state index is 5.45. The van der Waals surface area contributed by atoms with Crippen LogP contribution in [0.25, 0.3) is 5.00 Å². The van der Waals surface area contributed by atoms with Gasteiger partial charge in [-0.15, -0.1) is 16.4 Å². The van der Waals surface area contributed by atoms with Gasteiger partial charge in [0.1, 0.15) is 11.2 Å². The van der Waals surface area contributed by atoms with Crippen molar-refractivity contribution in [2.24, 2.45) is 5.92 Å². The summed E-state index contributed by atoms with van der Waals surface area (Å²) in [5.74, 6) is 1.51. The third-order valence-electron chi connectivity index (χ3n) is 4.67. The lowest BCUT2D eigenvalue weighted by Gasteiger charge is -2.30. The van der Waals surface area contributed by atoms with Crippen molar-refractivity contribution in [3.63, 3.8) is 0 Å². The standard InChI is InChI=1S/C13H14N6S3/c1-5-2-3-6-7(4-5)22-10-8(6)9-14-16-12(20)18(9)11-15-17-13(21)19(10)11/h5,9,14H,2-4H2,1H3,(H,16,20)(H,17,21). The molecule has 2 aliphatic heterocycles. The summed E-state index contributed by atoms with van der Waals surface area (Å²) in [6, 6.07) is 0. The van der Waals surface area contributed by atoms with Gasteiger partial charge in [-0.1, -0.05) is 6.92 Å². The van der Waals surface area contributed by atoms with Crippen LogP contribution in [0.5, 0.6) is 0 Å². The van der Waals surface area contributed by atoms with Crippen LogP contribution < -0.4 is 15.8 Å². The lowest BCUT2D eigenvalue weighted by Crippen LogP contribution is -2.36. The fraction of sp³-hybridized carbons (Fsp3) is 0.462. The summed E-state index contributed by atoms with van der Waals surface area (Å²) in [4.78, 5) is 3.49. The Kier molecular flexibility index (Phi) is 2.62. The van der Waals surface area contributed by atoms with Crippen LogP contribution in [-0.4, -0.2) is 19.9 Å². The lowest BCUT2D eigenvalue weighted by molar-refractivity contribution is 0.497. The second-order valence-electron chi connectivity index (χ2n) is 6.08. The number of thiophene rings is 1. The number of nitrogens with one attached hydrogen (secondary N) is 3. The largest absolute Gasteiger partial charge is 0.295 e. The molecule has 2 atom stereocenters. The highest BCUT2D eigenvalue weighted by atomic mass is 32.1. The zero-order valence-electron chi connectivity index (χ0n) is 11.8. The highest BCUT2D eigenvalue weighted by Gasteiger charge is 2.43. The molecule has 0 bridgehead atoms. The van der Waals surface area contributed by atoms with E-state index in [-0.39, 0.29) is 6.17 Å². The van der Waals surface area contributed by atoms with Crippen molar-refractivity contribution < 1.29 is 0 Å². The van der Waals surface area contributed by atoms with E-state index < -0.39 is 0 Å². The number of anilines is 1. The predicted octanol–water partition coefficient (Wildman–Crippen LogP) is 2.33. The summed E-state index contributed by atoms with van der Waals surface area (Å²) in [7, 11) is 0. The van der Waals surface area contributed by atoms with Crippen molar-refractivity contribution >= 4 is 46.8 Å². The minimum absolute atomic E-state index is 0.00797. The number of aromatic amines is 1. The molecule has 22 heavy (non-hydrogen) atoms. The molecular formula is C13H14N6S3. The number of thiocarbonyl (C=S) groups is 1. The Labute approximate surface area is 141 Å². The van der Waals surface area contributed by atoms with Crippen LogP contribution >= 0.6 is 35.8 Å². The number of aromatic nitrogens is 3. The van der Waals surface area contributed by atoms with E-state index in [1.54, 1.807) is 0 Å². The van der Waals surface area contributed by atoms with Crippen molar-refractivity contribution in [3.8, 4) is 5.00 Å². The predicted molar refractivity (Wildman–Crippen MR) is 91.9 cm³/mol. The lowest BCUT2D eigenvalue weighted by atomic mass is 9.87. The van der Waals surface area contributed by atoms with Gasteiger partial charge >= 0.3 is 0 Å². The molecule has 2 aromatic rings. The van der Waals surface area contributed by atoms with Crippen molar-refractivity contribution in [2.75, 3.05) is 4.90 Å². The quantitative estimate of drug-likeness (QED) is 0.634. The number of hydrazine groups is 1. The van der Waals surface area contributed by atoms with Crippen LogP contribution in [0.15, 0.2) is 0 Å². The van der Waals surface area contributed by atoms with Crippen molar-refractivity contribution in [2.45, 2.75) is 32.4 Å². The van der Waals surface area contributed by atoms with Gasteiger partial charge in [0.15, 0.2) is 5.11 Å². The molecule has 3 N–H and O–H groups in total. The third kappa shape index (κ3) is 1.54. The van der Waals surface area contributed by atoms with Gasteiger partial charge < -0.3 is 0 Å². The second-order valence-corrected chi connectivity index (χ2v) is 7.94. The van der Waals surface area contributed by atoms with Crippen molar-refractivity contribution in [1.82, 2.24) is 25.6 Å². The molecule has 1 saturated heterocycles. The zero-order chi connectivity index (χ0) is 15.0. The smallest absolute Gasteiger partial charge is 0.239 e. The Morgan fingerprint density at radius 1 is 1.36 bits per heavy atom. The van der Waals surface area contributed by atoms with Gasteiger partial charge in [-0.2, -0.15) is 0 Å². The molecule has 4 heterocycles. The van der Waals surface area contributed by atoms with Crippen LogP contribution in [0.1, 0.15) is 35.5 Å². The Bertz CT molecular complexity index is 862. The van der Waals surface area contributed by atoms with Gasteiger partial charge in [-0.3, -0.25) is 10.3 Å². The fourth-order valence-corrected chi connectivity index (χ4v) is 5.69. The van der Waals surface area contributed by atoms with Crippen LogP contribution in [0.4, 0.5) is 5.95 Å². The van der Waals surface area contributed by atoms with Crippen LogP contribution in [0, 0.1) is 10.7 Å². The molecule has 1 fully saturated rings. The fourth-order valence-electron chi connectivity index (χ4n) is 3.62. The van der Waals surface area contributed by atoms with Crippen LogP contribution in [0.2, 0.25) is 0 Å². The number of hydrogen-bond donors (Lipinski definition) is 3. The molecule has 0 aromatic carbocycles. The first-order valence-corrected chi connectivity index (χ1v) is 8.95. The maximum Gasteiger partial charge on any atom is 0.239 e. The van der Waals surface area contributed by atoms with Gasteiger partial charge in [-0.25, -0.2) is 15.1 Å². The molecule has 0 saturated carbocycles. The summed E-state index contributed by atoms with van der Waals surface area (Å²) in [6.07, 6.45) is 3.53. The summed E-state index contributed by atoms with van der Waals surface area (Å²) < 4.78 is 2.64. The normalized spacial score (nSPS) is 25.3. The van der Waals surface area contributed by atoms with Gasteiger partial charge in [0.2, 0.25) is 10.7 Å². The van der Waals surface area contributed by atoms with Gasteiger partial charge in [-0.05, 0) is 55.2 Å². The highest BCUT2D eigenvalue weighted by Crippen LogP contribution is 2.47. The molecule has 0 amide bonds. The molecule has 3 aliphatic rings. The van der Waals surface area contributed by atoms with Gasteiger partial charge in [0, 0.05) is 10.4 Å². The molecular weight excluding hydrogens is 336 g/mol. The minimum Gasteiger partial charge on any atom is -0.295 e. The summed E-state index contributed by atoms with van der Waals surface area (Å²) in [5, 5.41) is 9.11. The van der Waals surface area contributed by atoms with E-state index in [0.717, 1.165) is 24.7 Å². The minimum atomic E-state index is 0.00797. The number of hydrogen-bond acceptors (Lipinski definition) is 5. The van der Waals surface area contributed by atoms with Crippen LogP contribution in [0.3, 0.4) is 0 Å². The first-order chi connectivity index (χ1) is 10.6. The van der Waals surface area contributed by atoms with E-state index in [0.29, 0.717) is 9.88 Å². The van der Waals surface area contributed by atoms with E-state index in [1.165, 1.54) is 27.4 Å². The first kappa shape index (κ1) is 13.2. The Morgan fingerprint density at radius 2 is 2.23 bits per heavy atom. The van der Waals surface area contributed by atoms with E-state index in [1.807, 2.05) is 20.8 Å². The molecule has 5 rings (SSSR count). The molecule has 2 unspecified atom stereocenters. The SMILES string of the molecule is CC1CCc2c(sc3c2C2NNC(=S)N2c2n[nH]c(=S)n2-3)C1. The second kappa shape index (κ2) is 4.38. The number of rotatable bonds is 0. The number of H-pyrrole nitrogens is 1. The van der Waals surface area contributed by atoms with E-state index in [2.05, 4.69) is 28.0 Å².